The Hall–Kier alpha value is -1.66. The quantitative estimate of drug-likeness (QED) is 0.222. The fourth-order valence-electron chi connectivity index (χ4n) is 1.87. The number of hydrogen-bond acceptors (Lipinski definition) is 4. The molecule has 0 aliphatic carbocycles. The summed E-state index contributed by atoms with van der Waals surface area (Å²) in [5.41, 5.74) is -0.517. The van der Waals surface area contributed by atoms with Crippen LogP contribution < -0.4 is 0 Å². The summed E-state index contributed by atoms with van der Waals surface area (Å²) in [7, 11) is -1.97. The highest BCUT2D eigenvalue weighted by Crippen LogP contribution is 2.52. The Kier molecular flexibility index (Phi) is 7.88. The summed E-state index contributed by atoms with van der Waals surface area (Å²) in [6, 6.07) is 0. The third kappa shape index (κ3) is 5.91. The number of ether oxygens (including phenoxy) is 2. The van der Waals surface area contributed by atoms with Crippen LogP contribution in [0.2, 0.25) is 19.6 Å². The molecule has 0 radical (unpaired) electrons. The van der Waals surface area contributed by atoms with E-state index in [2.05, 4.69) is 4.74 Å². The molecular weight excluding hydrogens is 424 g/mol. The lowest BCUT2D eigenvalue weighted by Crippen LogP contribution is -2.62. The second-order valence-corrected chi connectivity index (χ2v) is 12.4. The van der Waals surface area contributed by atoms with Gasteiger partial charge in [-0.1, -0.05) is 26.6 Å². The fraction of sp³-hybridized carbons (Fsp3) is 0.733. The Balaban J connectivity index is 5.25. The van der Waals surface area contributed by atoms with Crippen LogP contribution in [0, 0.1) is 0 Å². The molecule has 0 aliphatic rings. The topological polar surface area (TPSA) is 52.6 Å². The first-order chi connectivity index (χ1) is 12.2. The van der Waals surface area contributed by atoms with Crippen LogP contribution in [0.15, 0.2) is 12.2 Å². The molecule has 0 amide bonds. The number of esters is 2. The van der Waals surface area contributed by atoms with E-state index < -0.39 is 56.5 Å². The largest absolute Gasteiger partial charge is 0.473 e. The van der Waals surface area contributed by atoms with E-state index in [0.717, 1.165) is 0 Å². The van der Waals surface area contributed by atoms with Gasteiger partial charge in [-0.25, -0.2) is 9.59 Å². The SMILES string of the molecule is CCC(OC(=O)/C=C/C(=O)OC(F)(F)C(F)(F)C(F)(F)C(C)(F)F)[Si](C)(C)C. The van der Waals surface area contributed by atoms with E-state index in [1.165, 1.54) is 0 Å². The molecule has 0 bridgehead atoms. The van der Waals surface area contributed by atoms with E-state index in [4.69, 9.17) is 4.74 Å². The first-order valence-corrected chi connectivity index (χ1v) is 11.4. The number of rotatable bonds is 9. The standard InChI is InChI=1S/C15H20F8O4Si/c1-6-11(28(3,4)5)26-9(24)7-8-10(25)27-15(22,23)14(20,21)13(18,19)12(2,16)17/h7-8,11H,6H2,1-5H3/b8-7+. The maximum absolute atomic E-state index is 13.3. The lowest BCUT2D eigenvalue weighted by Gasteiger charge is -2.34. The summed E-state index contributed by atoms with van der Waals surface area (Å²) < 4.78 is 112. The molecule has 0 spiro atoms. The van der Waals surface area contributed by atoms with Crippen molar-refractivity contribution in [2.24, 2.45) is 0 Å². The van der Waals surface area contributed by atoms with Crippen molar-refractivity contribution in [3.05, 3.63) is 12.2 Å². The molecule has 1 atom stereocenters. The van der Waals surface area contributed by atoms with Crippen molar-refractivity contribution >= 4 is 20.0 Å². The fourth-order valence-corrected chi connectivity index (χ4v) is 3.57. The number of halogens is 8. The number of carbonyl (C=O) groups is 2. The minimum Gasteiger partial charge on any atom is -0.463 e. The minimum absolute atomic E-state index is 0.0640. The average Bonchev–Trinajstić information content (AvgIpc) is 2.47. The van der Waals surface area contributed by atoms with Gasteiger partial charge in [-0.2, -0.15) is 35.1 Å². The van der Waals surface area contributed by atoms with Crippen molar-refractivity contribution < 1.29 is 54.2 Å². The number of carbonyl (C=O) groups excluding carboxylic acids is 2. The Bertz CT molecular complexity index is 608. The van der Waals surface area contributed by atoms with Crippen molar-refractivity contribution in [2.45, 2.75) is 69.5 Å². The molecule has 0 rings (SSSR count). The van der Waals surface area contributed by atoms with Gasteiger partial charge in [0.15, 0.2) is 0 Å². The van der Waals surface area contributed by atoms with Gasteiger partial charge in [0.25, 0.3) is 0 Å². The highest BCUT2D eigenvalue weighted by Gasteiger charge is 2.81. The summed E-state index contributed by atoms with van der Waals surface area (Å²) in [4.78, 5) is 22.8. The van der Waals surface area contributed by atoms with Gasteiger partial charge in [0.1, 0.15) is 0 Å². The van der Waals surface area contributed by atoms with E-state index in [-0.39, 0.29) is 12.2 Å². The molecule has 164 valence electrons. The van der Waals surface area contributed by atoms with Crippen LogP contribution in [-0.4, -0.2) is 49.6 Å². The minimum atomic E-state index is -6.73. The first-order valence-electron chi connectivity index (χ1n) is 7.83. The van der Waals surface area contributed by atoms with Gasteiger partial charge in [-0.05, 0) is 6.42 Å². The lowest BCUT2D eigenvalue weighted by atomic mass is 10.1. The third-order valence-corrected chi connectivity index (χ3v) is 5.95. The summed E-state index contributed by atoms with van der Waals surface area (Å²) in [5, 5.41) is 0. The molecule has 0 saturated carbocycles. The molecule has 0 aliphatic heterocycles. The van der Waals surface area contributed by atoms with Gasteiger partial charge in [-0.15, -0.1) is 0 Å². The van der Waals surface area contributed by atoms with Crippen LogP contribution >= 0.6 is 0 Å². The normalized spacial score (nSPS) is 15.5. The molecule has 4 nitrogen and oxygen atoms in total. The molecule has 0 fully saturated rings. The molecule has 0 aromatic carbocycles. The van der Waals surface area contributed by atoms with E-state index in [0.29, 0.717) is 6.42 Å². The van der Waals surface area contributed by atoms with Crippen LogP contribution in [0.25, 0.3) is 0 Å². The molecular formula is C15H20F8O4Si. The average molecular weight is 444 g/mol. The van der Waals surface area contributed by atoms with Crippen molar-refractivity contribution in [3.63, 3.8) is 0 Å². The Labute approximate surface area is 156 Å². The number of hydrogen-bond donors (Lipinski definition) is 0. The Morgan fingerprint density at radius 3 is 1.68 bits per heavy atom. The van der Waals surface area contributed by atoms with E-state index >= 15 is 0 Å². The molecule has 0 aromatic rings. The Morgan fingerprint density at radius 2 is 1.32 bits per heavy atom. The third-order valence-electron chi connectivity index (χ3n) is 3.49. The second kappa shape index (κ2) is 8.37. The summed E-state index contributed by atoms with van der Waals surface area (Å²) >= 11 is 0. The zero-order valence-electron chi connectivity index (χ0n) is 15.6. The predicted molar refractivity (Wildman–Crippen MR) is 84.2 cm³/mol. The Morgan fingerprint density at radius 1 is 0.893 bits per heavy atom. The van der Waals surface area contributed by atoms with Crippen LogP contribution in [0.1, 0.15) is 20.3 Å². The highest BCUT2D eigenvalue weighted by atomic mass is 28.3. The summed E-state index contributed by atoms with van der Waals surface area (Å²) in [6.45, 7) is 6.54. The van der Waals surface area contributed by atoms with Gasteiger partial charge in [0.05, 0.1) is 13.8 Å². The molecule has 0 aromatic heterocycles. The van der Waals surface area contributed by atoms with E-state index in [1.54, 1.807) is 6.92 Å². The highest BCUT2D eigenvalue weighted by molar-refractivity contribution is 6.77. The van der Waals surface area contributed by atoms with Crippen molar-refractivity contribution in [3.8, 4) is 0 Å². The van der Waals surface area contributed by atoms with Crippen LogP contribution in [-0.2, 0) is 19.1 Å². The van der Waals surface area contributed by atoms with Crippen LogP contribution in [0.4, 0.5) is 35.1 Å². The zero-order chi connectivity index (χ0) is 22.8. The molecule has 0 saturated heterocycles. The molecule has 28 heavy (non-hydrogen) atoms. The molecule has 0 N–H and O–H groups in total. The maximum atomic E-state index is 13.3. The van der Waals surface area contributed by atoms with E-state index in [9.17, 15) is 44.7 Å². The van der Waals surface area contributed by atoms with Crippen molar-refractivity contribution in [1.29, 1.82) is 0 Å². The second-order valence-electron chi connectivity index (χ2n) is 7.01. The monoisotopic (exact) mass is 444 g/mol. The molecule has 1 unspecified atom stereocenters. The van der Waals surface area contributed by atoms with Gasteiger partial charge in [-0.3, -0.25) is 0 Å². The lowest BCUT2D eigenvalue weighted by molar-refractivity contribution is -0.413. The van der Waals surface area contributed by atoms with Crippen LogP contribution in [0.5, 0.6) is 0 Å². The van der Waals surface area contributed by atoms with Gasteiger partial charge in [0.2, 0.25) is 0 Å². The van der Waals surface area contributed by atoms with Gasteiger partial charge in [0, 0.05) is 19.1 Å². The zero-order valence-corrected chi connectivity index (χ0v) is 16.6. The summed E-state index contributed by atoms with van der Waals surface area (Å²) in [5.74, 6) is -22.3. The van der Waals surface area contributed by atoms with Gasteiger partial charge < -0.3 is 9.47 Å². The van der Waals surface area contributed by atoms with Crippen molar-refractivity contribution in [2.75, 3.05) is 0 Å². The first kappa shape index (κ1) is 26.3. The van der Waals surface area contributed by atoms with E-state index in [1.807, 2.05) is 19.6 Å². The maximum Gasteiger partial charge on any atom is 0.473 e. The predicted octanol–water partition coefficient (Wildman–Crippen LogP) is 4.80. The van der Waals surface area contributed by atoms with Crippen molar-refractivity contribution in [1.82, 2.24) is 0 Å². The smallest absolute Gasteiger partial charge is 0.463 e. The molecule has 0 heterocycles. The van der Waals surface area contributed by atoms with Crippen LogP contribution in [0.3, 0.4) is 0 Å². The molecule has 13 heteroatoms. The van der Waals surface area contributed by atoms with Gasteiger partial charge >= 0.3 is 35.8 Å². The summed E-state index contributed by atoms with van der Waals surface area (Å²) in [6.07, 6.45) is -5.67. The number of alkyl halides is 8.